The summed E-state index contributed by atoms with van der Waals surface area (Å²) in [7, 11) is 0. The number of halogens is 1. The van der Waals surface area contributed by atoms with Gasteiger partial charge in [0.25, 0.3) is 0 Å². The highest BCUT2D eigenvalue weighted by atomic mass is 79.9. The molecule has 0 heterocycles. The Balaban J connectivity index is 1.59. The van der Waals surface area contributed by atoms with Crippen LogP contribution in [0.3, 0.4) is 0 Å². The first-order chi connectivity index (χ1) is 14.9. The molecule has 0 fully saturated rings. The van der Waals surface area contributed by atoms with E-state index in [4.69, 9.17) is 14.2 Å². The molecule has 0 saturated carbocycles. The highest BCUT2D eigenvalue weighted by Crippen LogP contribution is 2.26. The number of hydrogen-bond acceptors (Lipinski definition) is 5. The Hall–Kier alpha value is -3.12. The molecule has 0 aliphatic heterocycles. The predicted molar refractivity (Wildman–Crippen MR) is 122 cm³/mol. The first-order valence-electron chi connectivity index (χ1n) is 9.92. The second-order valence-corrected chi connectivity index (χ2v) is 8.01. The lowest BCUT2D eigenvalue weighted by Crippen LogP contribution is -2.14. The van der Waals surface area contributed by atoms with Gasteiger partial charge < -0.3 is 14.2 Å². The van der Waals surface area contributed by atoms with E-state index in [9.17, 15) is 9.59 Å². The molecule has 0 aromatic heterocycles. The molecule has 0 spiro atoms. The van der Waals surface area contributed by atoms with Crippen LogP contribution in [-0.4, -0.2) is 24.6 Å². The van der Waals surface area contributed by atoms with E-state index in [1.54, 1.807) is 42.5 Å². The fourth-order valence-corrected chi connectivity index (χ4v) is 3.19. The van der Waals surface area contributed by atoms with Gasteiger partial charge in [0, 0.05) is 10.9 Å². The van der Waals surface area contributed by atoms with Crippen LogP contribution in [0.25, 0.3) is 0 Å². The standard InChI is InChI=1S/C25H23BrO5/c1-17(2)30-23-13-10-20(26)16-22(23)25(28)31-21-11-8-19(9-12-21)24(27)29-15-14-18-6-4-3-5-7-18/h3-13,16-17H,14-15H2,1-2H3. The topological polar surface area (TPSA) is 61.8 Å². The van der Waals surface area contributed by atoms with Crippen molar-refractivity contribution in [3.8, 4) is 11.5 Å². The summed E-state index contributed by atoms with van der Waals surface area (Å²) in [6.45, 7) is 4.06. The van der Waals surface area contributed by atoms with Gasteiger partial charge in [0.15, 0.2) is 0 Å². The van der Waals surface area contributed by atoms with E-state index in [2.05, 4.69) is 15.9 Å². The van der Waals surface area contributed by atoms with Crippen LogP contribution in [0.2, 0.25) is 0 Å². The van der Waals surface area contributed by atoms with Crippen LogP contribution < -0.4 is 9.47 Å². The fourth-order valence-electron chi connectivity index (χ4n) is 2.83. The minimum atomic E-state index is -0.546. The minimum absolute atomic E-state index is 0.0834. The van der Waals surface area contributed by atoms with Crippen molar-refractivity contribution >= 4 is 27.9 Å². The molecule has 0 aliphatic carbocycles. The Bertz CT molecular complexity index is 1030. The Kier molecular flexibility index (Phi) is 7.84. The average Bonchev–Trinajstić information content (AvgIpc) is 2.76. The summed E-state index contributed by atoms with van der Waals surface area (Å²) in [5.74, 6) is -0.202. The summed E-state index contributed by atoms with van der Waals surface area (Å²) in [6.07, 6.45) is 0.565. The molecule has 3 aromatic rings. The van der Waals surface area contributed by atoms with Crippen molar-refractivity contribution in [3.63, 3.8) is 0 Å². The number of hydrogen-bond donors (Lipinski definition) is 0. The van der Waals surface area contributed by atoms with E-state index in [1.165, 1.54) is 0 Å². The van der Waals surface area contributed by atoms with E-state index >= 15 is 0 Å². The Morgan fingerprint density at radius 2 is 1.61 bits per heavy atom. The fraction of sp³-hybridized carbons (Fsp3) is 0.200. The molecule has 0 saturated heterocycles. The van der Waals surface area contributed by atoms with Crippen molar-refractivity contribution in [1.29, 1.82) is 0 Å². The molecular formula is C25H23BrO5. The SMILES string of the molecule is CC(C)Oc1ccc(Br)cc1C(=O)Oc1ccc(C(=O)OCCc2ccccc2)cc1. The van der Waals surface area contributed by atoms with E-state index in [-0.39, 0.29) is 6.10 Å². The zero-order valence-corrected chi connectivity index (χ0v) is 18.9. The molecule has 6 heteroatoms. The molecule has 0 bridgehead atoms. The van der Waals surface area contributed by atoms with Crippen LogP contribution in [0.4, 0.5) is 0 Å². The van der Waals surface area contributed by atoms with Crippen LogP contribution in [-0.2, 0) is 11.2 Å². The van der Waals surface area contributed by atoms with Crippen LogP contribution in [0.5, 0.6) is 11.5 Å². The lowest BCUT2D eigenvalue weighted by Gasteiger charge is -2.14. The molecule has 160 valence electrons. The Labute approximate surface area is 190 Å². The lowest BCUT2D eigenvalue weighted by atomic mass is 10.2. The number of ether oxygens (including phenoxy) is 3. The van der Waals surface area contributed by atoms with Crippen LogP contribution in [0.1, 0.15) is 40.1 Å². The summed E-state index contributed by atoms with van der Waals surface area (Å²) in [5, 5.41) is 0. The molecule has 31 heavy (non-hydrogen) atoms. The van der Waals surface area contributed by atoms with Gasteiger partial charge in [0.2, 0.25) is 0 Å². The lowest BCUT2D eigenvalue weighted by molar-refractivity contribution is 0.0509. The molecule has 0 amide bonds. The number of benzene rings is 3. The Morgan fingerprint density at radius 1 is 0.903 bits per heavy atom. The summed E-state index contributed by atoms with van der Waals surface area (Å²) in [4.78, 5) is 24.9. The minimum Gasteiger partial charge on any atom is -0.490 e. The maximum Gasteiger partial charge on any atom is 0.347 e. The molecule has 0 radical (unpaired) electrons. The van der Waals surface area contributed by atoms with Crippen molar-refractivity contribution in [2.45, 2.75) is 26.4 Å². The van der Waals surface area contributed by atoms with Gasteiger partial charge in [0.05, 0.1) is 18.3 Å². The Morgan fingerprint density at radius 3 is 2.29 bits per heavy atom. The maximum atomic E-state index is 12.6. The quantitative estimate of drug-likeness (QED) is 0.297. The van der Waals surface area contributed by atoms with Gasteiger partial charge in [-0.15, -0.1) is 0 Å². The molecule has 0 atom stereocenters. The van der Waals surface area contributed by atoms with Crippen molar-refractivity contribution in [2.24, 2.45) is 0 Å². The second kappa shape index (κ2) is 10.8. The van der Waals surface area contributed by atoms with Gasteiger partial charge >= 0.3 is 11.9 Å². The largest absolute Gasteiger partial charge is 0.490 e. The van der Waals surface area contributed by atoms with Gasteiger partial charge in [-0.05, 0) is 61.9 Å². The first kappa shape index (κ1) is 22.6. The highest BCUT2D eigenvalue weighted by molar-refractivity contribution is 9.10. The van der Waals surface area contributed by atoms with E-state index in [0.29, 0.717) is 35.7 Å². The van der Waals surface area contributed by atoms with E-state index in [0.717, 1.165) is 10.0 Å². The number of rotatable bonds is 8. The van der Waals surface area contributed by atoms with Gasteiger partial charge in [-0.3, -0.25) is 0 Å². The van der Waals surface area contributed by atoms with Crippen LogP contribution >= 0.6 is 15.9 Å². The summed E-state index contributed by atoms with van der Waals surface area (Å²) < 4.78 is 17.2. The molecule has 3 rings (SSSR count). The van der Waals surface area contributed by atoms with Gasteiger partial charge in [0.1, 0.15) is 17.1 Å². The molecule has 3 aromatic carbocycles. The summed E-state index contributed by atoms with van der Waals surface area (Å²) in [5.41, 5.74) is 1.80. The normalized spacial score (nSPS) is 10.6. The zero-order chi connectivity index (χ0) is 22.2. The van der Waals surface area contributed by atoms with Crippen LogP contribution in [0.15, 0.2) is 77.3 Å². The smallest absolute Gasteiger partial charge is 0.347 e. The van der Waals surface area contributed by atoms with Crippen molar-refractivity contribution in [3.05, 3.63) is 94.0 Å². The summed E-state index contributed by atoms with van der Waals surface area (Å²) in [6, 6.07) is 21.2. The monoisotopic (exact) mass is 482 g/mol. The highest BCUT2D eigenvalue weighted by Gasteiger charge is 2.17. The number of esters is 2. The molecular weight excluding hydrogens is 460 g/mol. The third kappa shape index (κ3) is 6.69. The van der Waals surface area contributed by atoms with E-state index < -0.39 is 11.9 Å². The van der Waals surface area contributed by atoms with Crippen LogP contribution in [0, 0.1) is 0 Å². The molecule has 0 unspecified atom stereocenters. The van der Waals surface area contributed by atoms with Gasteiger partial charge in [-0.25, -0.2) is 9.59 Å². The number of carbonyl (C=O) groups excluding carboxylic acids is 2. The van der Waals surface area contributed by atoms with Crippen molar-refractivity contribution in [2.75, 3.05) is 6.61 Å². The second-order valence-electron chi connectivity index (χ2n) is 7.09. The van der Waals surface area contributed by atoms with Crippen molar-refractivity contribution in [1.82, 2.24) is 0 Å². The molecule has 0 aliphatic rings. The van der Waals surface area contributed by atoms with Gasteiger partial charge in [-0.1, -0.05) is 46.3 Å². The maximum absolute atomic E-state index is 12.6. The summed E-state index contributed by atoms with van der Waals surface area (Å²) >= 11 is 3.36. The van der Waals surface area contributed by atoms with Crippen molar-refractivity contribution < 1.29 is 23.8 Å². The molecule has 5 nitrogen and oxygen atoms in total. The third-order valence-corrected chi connectivity index (χ3v) is 4.78. The van der Waals surface area contributed by atoms with Gasteiger partial charge in [-0.2, -0.15) is 0 Å². The predicted octanol–water partition coefficient (Wildman–Crippen LogP) is 5.86. The first-order valence-corrected chi connectivity index (χ1v) is 10.7. The number of carbonyl (C=O) groups is 2. The van der Waals surface area contributed by atoms with E-state index in [1.807, 2.05) is 44.2 Å². The average molecular weight is 483 g/mol. The zero-order valence-electron chi connectivity index (χ0n) is 17.3. The molecule has 0 N–H and O–H groups in total. The third-order valence-electron chi connectivity index (χ3n) is 4.29.